The van der Waals surface area contributed by atoms with Crippen LogP contribution in [0.4, 0.5) is 4.39 Å². The third-order valence-electron chi connectivity index (χ3n) is 2.04. The van der Waals surface area contributed by atoms with E-state index in [1.165, 1.54) is 18.2 Å². The molecule has 5 heteroatoms. The van der Waals surface area contributed by atoms with Crippen molar-refractivity contribution in [3.8, 4) is 5.75 Å². The molecule has 0 aliphatic rings. The predicted molar refractivity (Wildman–Crippen MR) is 57.0 cm³/mol. The van der Waals surface area contributed by atoms with Gasteiger partial charge >= 0.3 is 5.97 Å². The van der Waals surface area contributed by atoms with Crippen molar-refractivity contribution in [2.45, 2.75) is 12.5 Å². The van der Waals surface area contributed by atoms with Gasteiger partial charge in [-0.05, 0) is 25.7 Å². The summed E-state index contributed by atoms with van der Waals surface area (Å²) in [4.78, 5) is 10.8. The summed E-state index contributed by atoms with van der Waals surface area (Å²) in [6.07, 6.45) is -0.760. The van der Waals surface area contributed by atoms with Crippen LogP contribution in [0.1, 0.15) is 6.42 Å². The maximum absolute atomic E-state index is 13.2. The largest absolute Gasteiger partial charge is 0.479 e. The van der Waals surface area contributed by atoms with Gasteiger partial charge in [0.2, 0.25) is 0 Å². The topological polar surface area (TPSA) is 58.6 Å². The number of benzene rings is 1. The lowest BCUT2D eigenvalue weighted by atomic mass is 10.2. The fourth-order valence-corrected chi connectivity index (χ4v) is 1.20. The fraction of sp³-hybridized carbons (Fsp3) is 0.364. The van der Waals surface area contributed by atoms with Crippen LogP contribution < -0.4 is 10.1 Å². The van der Waals surface area contributed by atoms with Gasteiger partial charge < -0.3 is 15.2 Å². The van der Waals surface area contributed by atoms with Crippen molar-refractivity contribution in [3.63, 3.8) is 0 Å². The maximum atomic E-state index is 13.2. The standard InChI is InChI=1S/C11H14FNO3/c1-13-7-6-10(11(14)15)16-9-5-3-2-4-8(9)12/h2-5,10,13H,6-7H2,1H3,(H,14,15). The summed E-state index contributed by atoms with van der Waals surface area (Å²) in [6.45, 7) is 0.491. The van der Waals surface area contributed by atoms with Crippen molar-refractivity contribution in [1.82, 2.24) is 5.32 Å². The van der Waals surface area contributed by atoms with Crippen molar-refractivity contribution in [1.29, 1.82) is 0 Å². The smallest absolute Gasteiger partial charge is 0.344 e. The van der Waals surface area contributed by atoms with Gasteiger partial charge in [-0.3, -0.25) is 0 Å². The minimum absolute atomic E-state index is 0.0361. The van der Waals surface area contributed by atoms with E-state index in [1.54, 1.807) is 13.1 Å². The highest BCUT2D eigenvalue weighted by atomic mass is 19.1. The van der Waals surface area contributed by atoms with Crippen LogP contribution in [0.5, 0.6) is 5.75 Å². The number of aliphatic carboxylic acids is 1. The van der Waals surface area contributed by atoms with Crippen molar-refractivity contribution in [3.05, 3.63) is 30.1 Å². The van der Waals surface area contributed by atoms with Gasteiger partial charge in [0.15, 0.2) is 17.7 Å². The molecular formula is C11H14FNO3. The molecule has 4 nitrogen and oxygen atoms in total. The second kappa shape index (κ2) is 6.07. The molecule has 1 aromatic carbocycles. The van der Waals surface area contributed by atoms with E-state index in [0.29, 0.717) is 6.54 Å². The summed E-state index contributed by atoms with van der Waals surface area (Å²) >= 11 is 0. The van der Waals surface area contributed by atoms with Gasteiger partial charge in [-0.15, -0.1) is 0 Å². The monoisotopic (exact) mass is 227 g/mol. The molecule has 16 heavy (non-hydrogen) atoms. The summed E-state index contributed by atoms with van der Waals surface area (Å²) in [5, 5.41) is 11.7. The first-order valence-electron chi connectivity index (χ1n) is 4.93. The van der Waals surface area contributed by atoms with Gasteiger partial charge in [-0.2, -0.15) is 0 Å². The lowest BCUT2D eigenvalue weighted by Crippen LogP contribution is -2.30. The highest BCUT2D eigenvalue weighted by Gasteiger charge is 2.19. The van der Waals surface area contributed by atoms with Crippen LogP contribution in [0.3, 0.4) is 0 Å². The number of para-hydroxylation sites is 1. The van der Waals surface area contributed by atoms with E-state index in [1.807, 2.05) is 0 Å². The Balaban J connectivity index is 2.68. The molecule has 2 N–H and O–H groups in total. The molecule has 0 aliphatic heterocycles. The van der Waals surface area contributed by atoms with Crippen LogP contribution in [0.2, 0.25) is 0 Å². The van der Waals surface area contributed by atoms with Gasteiger partial charge in [0.05, 0.1) is 0 Å². The average molecular weight is 227 g/mol. The second-order valence-corrected chi connectivity index (χ2v) is 3.27. The normalized spacial score (nSPS) is 12.1. The fourth-order valence-electron chi connectivity index (χ4n) is 1.20. The van der Waals surface area contributed by atoms with Gasteiger partial charge in [0, 0.05) is 6.42 Å². The molecule has 88 valence electrons. The molecule has 1 rings (SSSR count). The first kappa shape index (κ1) is 12.4. The number of hydrogen-bond acceptors (Lipinski definition) is 3. The molecule has 1 aromatic rings. The van der Waals surface area contributed by atoms with Crippen molar-refractivity contribution < 1.29 is 19.0 Å². The SMILES string of the molecule is CNCCC(Oc1ccccc1F)C(=O)O. The Bertz CT molecular complexity index is 357. The van der Waals surface area contributed by atoms with Gasteiger partial charge in [0.1, 0.15) is 0 Å². The molecule has 0 amide bonds. The molecule has 1 unspecified atom stereocenters. The van der Waals surface area contributed by atoms with Crippen LogP contribution in [0, 0.1) is 5.82 Å². The van der Waals surface area contributed by atoms with Gasteiger partial charge in [0.25, 0.3) is 0 Å². The van der Waals surface area contributed by atoms with E-state index in [4.69, 9.17) is 9.84 Å². The molecule has 0 spiro atoms. The summed E-state index contributed by atoms with van der Waals surface area (Å²) in [5.74, 6) is -1.69. The average Bonchev–Trinajstić information content (AvgIpc) is 2.26. The van der Waals surface area contributed by atoms with Gasteiger partial charge in [-0.25, -0.2) is 9.18 Å². The lowest BCUT2D eigenvalue weighted by Gasteiger charge is -2.15. The molecule has 1 atom stereocenters. The molecule has 0 saturated heterocycles. The Morgan fingerprint density at radius 2 is 2.25 bits per heavy atom. The number of hydrogen-bond donors (Lipinski definition) is 2. The molecule has 0 radical (unpaired) electrons. The minimum atomic E-state index is -1.10. The maximum Gasteiger partial charge on any atom is 0.344 e. The molecule has 0 aliphatic carbocycles. The number of carboxylic acid groups (broad SMARTS) is 1. The number of nitrogens with one attached hydrogen (secondary N) is 1. The quantitative estimate of drug-likeness (QED) is 0.768. The highest BCUT2D eigenvalue weighted by molar-refractivity contribution is 5.72. The second-order valence-electron chi connectivity index (χ2n) is 3.27. The Morgan fingerprint density at radius 1 is 1.56 bits per heavy atom. The van der Waals surface area contributed by atoms with Crippen LogP contribution in [-0.2, 0) is 4.79 Å². The van der Waals surface area contributed by atoms with Crippen LogP contribution >= 0.6 is 0 Å². The molecule has 0 fully saturated rings. The summed E-state index contributed by atoms with van der Waals surface area (Å²) in [5.41, 5.74) is 0. The van der Waals surface area contributed by atoms with E-state index in [2.05, 4.69) is 5.32 Å². The number of carbonyl (C=O) groups is 1. The summed E-state index contributed by atoms with van der Waals surface area (Å²) in [7, 11) is 1.71. The number of halogens is 1. The van der Waals surface area contributed by atoms with E-state index in [-0.39, 0.29) is 12.2 Å². The first-order chi connectivity index (χ1) is 7.65. The van der Waals surface area contributed by atoms with Crippen LogP contribution in [-0.4, -0.2) is 30.8 Å². The Kier molecular flexibility index (Phi) is 4.72. The number of carboxylic acids is 1. The molecule has 0 aromatic heterocycles. The molecule has 0 bridgehead atoms. The summed E-state index contributed by atoms with van der Waals surface area (Å²) in [6, 6.07) is 5.75. The van der Waals surface area contributed by atoms with Crippen molar-refractivity contribution in [2.75, 3.05) is 13.6 Å². The van der Waals surface area contributed by atoms with E-state index in [9.17, 15) is 9.18 Å². The molecule has 0 heterocycles. The molecular weight excluding hydrogens is 213 g/mol. The number of rotatable bonds is 6. The Hall–Kier alpha value is -1.62. The van der Waals surface area contributed by atoms with Crippen molar-refractivity contribution in [2.24, 2.45) is 0 Å². The third-order valence-corrected chi connectivity index (χ3v) is 2.04. The lowest BCUT2D eigenvalue weighted by molar-refractivity contribution is -0.145. The van der Waals surface area contributed by atoms with Gasteiger partial charge in [-0.1, -0.05) is 12.1 Å². The molecule has 0 saturated carbocycles. The third kappa shape index (κ3) is 3.51. The van der Waals surface area contributed by atoms with E-state index >= 15 is 0 Å². The zero-order valence-electron chi connectivity index (χ0n) is 8.94. The first-order valence-corrected chi connectivity index (χ1v) is 4.93. The highest BCUT2D eigenvalue weighted by Crippen LogP contribution is 2.17. The minimum Gasteiger partial charge on any atom is -0.479 e. The number of ether oxygens (including phenoxy) is 1. The Morgan fingerprint density at radius 3 is 2.81 bits per heavy atom. The van der Waals surface area contributed by atoms with Crippen LogP contribution in [0.25, 0.3) is 0 Å². The zero-order chi connectivity index (χ0) is 12.0. The van der Waals surface area contributed by atoms with E-state index < -0.39 is 17.9 Å². The van der Waals surface area contributed by atoms with E-state index in [0.717, 1.165) is 0 Å². The van der Waals surface area contributed by atoms with Crippen LogP contribution in [0.15, 0.2) is 24.3 Å². The Labute approximate surface area is 93.0 Å². The summed E-state index contributed by atoms with van der Waals surface area (Å²) < 4.78 is 18.3. The van der Waals surface area contributed by atoms with Crippen molar-refractivity contribution >= 4 is 5.97 Å². The zero-order valence-corrected chi connectivity index (χ0v) is 8.94. The predicted octanol–water partition coefficient (Wildman–Crippen LogP) is 1.27.